The Hall–Kier alpha value is -2.33. The first-order valence-corrected chi connectivity index (χ1v) is 12.5. The summed E-state index contributed by atoms with van der Waals surface area (Å²) >= 11 is 1.39. The van der Waals surface area contributed by atoms with Crippen molar-refractivity contribution in [1.29, 1.82) is 0 Å². The topological polar surface area (TPSA) is 96.0 Å². The maximum absolute atomic E-state index is 12.9. The molecule has 0 aliphatic heterocycles. The number of thioether (sulfide) groups is 1. The van der Waals surface area contributed by atoms with Gasteiger partial charge in [0, 0.05) is 19.8 Å². The zero-order chi connectivity index (χ0) is 22.4. The van der Waals surface area contributed by atoms with Gasteiger partial charge in [-0.25, -0.2) is 13.2 Å². The largest absolute Gasteiger partial charge is 0.332 e. The van der Waals surface area contributed by atoms with Crippen molar-refractivity contribution in [1.82, 2.24) is 18.9 Å². The van der Waals surface area contributed by atoms with Gasteiger partial charge in [-0.2, -0.15) is 5.10 Å². The van der Waals surface area contributed by atoms with Gasteiger partial charge in [0.05, 0.1) is 11.4 Å². The molecular weight excluding hydrogens is 424 g/mol. The molecule has 2 aromatic heterocycles. The highest BCUT2D eigenvalue weighted by atomic mass is 32.2. The molecule has 2 heterocycles. The summed E-state index contributed by atoms with van der Waals surface area (Å²) in [6.45, 7) is 6.83. The lowest BCUT2D eigenvalue weighted by molar-refractivity contribution is 0.337. The summed E-state index contributed by atoms with van der Waals surface area (Å²) in [7, 11) is -1.79. The van der Waals surface area contributed by atoms with Crippen LogP contribution in [-0.4, -0.2) is 39.8 Å². The summed E-state index contributed by atoms with van der Waals surface area (Å²) in [5.41, 5.74) is 0.265. The number of benzene rings is 1. The van der Waals surface area contributed by atoms with E-state index < -0.39 is 15.5 Å². The molecule has 0 aliphatic rings. The van der Waals surface area contributed by atoms with E-state index in [2.05, 4.69) is 5.10 Å². The van der Waals surface area contributed by atoms with Crippen molar-refractivity contribution in [2.45, 2.75) is 43.8 Å². The molecule has 0 saturated carbocycles. The molecule has 0 fully saturated rings. The minimum absolute atomic E-state index is 0.182. The molecule has 0 spiro atoms. The summed E-state index contributed by atoms with van der Waals surface area (Å²) in [6.07, 6.45) is 3.02. The third-order valence-corrected chi connectivity index (χ3v) is 6.62. The van der Waals surface area contributed by atoms with Crippen molar-refractivity contribution >= 4 is 32.6 Å². The molecule has 0 bridgehead atoms. The van der Waals surface area contributed by atoms with Crippen LogP contribution in [0.25, 0.3) is 11.0 Å². The Balaban J connectivity index is 2.19. The lowest BCUT2D eigenvalue weighted by atomic mass is 9.97. The van der Waals surface area contributed by atoms with Gasteiger partial charge in [-0.05, 0) is 29.4 Å². The third kappa shape index (κ3) is 4.24. The monoisotopic (exact) mass is 450 g/mol. The highest BCUT2D eigenvalue weighted by Crippen LogP contribution is 2.26. The van der Waals surface area contributed by atoms with E-state index in [1.807, 2.05) is 27.0 Å². The molecule has 0 unspecified atom stereocenters. The van der Waals surface area contributed by atoms with E-state index in [9.17, 15) is 18.0 Å². The number of sulfone groups is 1. The first-order valence-electron chi connectivity index (χ1n) is 9.37. The zero-order valence-electron chi connectivity index (χ0n) is 18.0. The molecule has 162 valence electrons. The standard InChI is InChI=1S/C20H26N4O4S2/c1-20(2,3)12-23-16-15(17(25)22(4)19(23)26)18(29-5)24(21-16)11-13-7-9-14(10-8-13)30(6,27)28/h7-10H,11-12H2,1-6H3. The number of aromatic nitrogens is 4. The minimum Gasteiger partial charge on any atom is -0.275 e. The van der Waals surface area contributed by atoms with Gasteiger partial charge >= 0.3 is 5.69 Å². The molecule has 1 aromatic carbocycles. The summed E-state index contributed by atoms with van der Waals surface area (Å²) in [4.78, 5) is 25.9. The Morgan fingerprint density at radius 1 is 1.10 bits per heavy atom. The van der Waals surface area contributed by atoms with E-state index in [1.54, 1.807) is 33.5 Å². The number of rotatable bonds is 5. The summed E-state index contributed by atoms with van der Waals surface area (Å²) in [5, 5.41) is 5.71. The van der Waals surface area contributed by atoms with Crippen molar-refractivity contribution in [3.63, 3.8) is 0 Å². The van der Waals surface area contributed by atoms with Crippen LogP contribution in [0.4, 0.5) is 0 Å². The smallest absolute Gasteiger partial charge is 0.275 e. The number of hydrogen-bond donors (Lipinski definition) is 0. The van der Waals surface area contributed by atoms with Crippen molar-refractivity contribution < 1.29 is 8.42 Å². The van der Waals surface area contributed by atoms with E-state index in [0.29, 0.717) is 29.1 Å². The van der Waals surface area contributed by atoms with Gasteiger partial charge in [0.1, 0.15) is 10.4 Å². The maximum atomic E-state index is 12.9. The Bertz CT molecular complexity index is 1320. The second kappa shape index (κ2) is 7.73. The van der Waals surface area contributed by atoms with Crippen molar-refractivity contribution in [2.75, 3.05) is 12.5 Å². The lowest BCUT2D eigenvalue weighted by Gasteiger charge is -2.20. The van der Waals surface area contributed by atoms with Crippen LogP contribution in [0.3, 0.4) is 0 Å². The molecule has 10 heteroatoms. The second-order valence-electron chi connectivity index (χ2n) is 8.58. The average Bonchev–Trinajstić information content (AvgIpc) is 3.00. The zero-order valence-corrected chi connectivity index (χ0v) is 19.6. The molecular formula is C20H26N4O4S2. The maximum Gasteiger partial charge on any atom is 0.332 e. The van der Waals surface area contributed by atoms with Crippen molar-refractivity contribution in [3.05, 3.63) is 50.7 Å². The number of nitrogens with zero attached hydrogens (tertiary/aromatic N) is 4. The van der Waals surface area contributed by atoms with Crippen molar-refractivity contribution in [3.8, 4) is 0 Å². The quantitative estimate of drug-likeness (QED) is 0.553. The Morgan fingerprint density at radius 3 is 2.20 bits per heavy atom. The third-order valence-electron chi connectivity index (χ3n) is 4.69. The van der Waals surface area contributed by atoms with Gasteiger partial charge in [-0.3, -0.25) is 18.6 Å². The van der Waals surface area contributed by atoms with Crippen molar-refractivity contribution in [2.24, 2.45) is 12.5 Å². The second-order valence-corrected chi connectivity index (χ2v) is 11.4. The van der Waals surface area contributed by atoms with Crippen LogP contribution in [0.1, 0.15) is 26.3 Å². The van der Waals surface area contributed by atoms with E-state index >= 15 is 0 Å². The molecule has 0 aliphatic carbocycles. The highest BCUT2D eigenvalue weighted by molar-refractivity contribution is 7.98. The van der Waals surface area contributed by atoms with Gasteiger partial charge in [-0.15, -0.1) is 11.8 Å². The highest BCUT2D eigenvalue weighted by Gasteiger charge is 2.23. The predicted molar refractivity (Wildman–Crippen MR) is 119 cm³/mol. The molecule has 0 N–H and O–H groups in total. The lowest BCUT2D eigenvalue weighted by Crippen LogP contribution is -2.40. The SMILES string of the molecule is CSc1c2c(=O)n(C)c(=O)n(CC(C)(C)C)c2nn1Cc1ccc(S(C)(=O)=O)cc1. The molecule has 0 saturated heterocycles. The first-order chi connectivity index (χ1) is 13.8. The van der Waals surface area contributed by atoms with Gasteiger partial charge in [0.25, 0.3) is 5.56 Å². The van der Waals surface area contributed by atoms with Gasteiger partial charge in [0.15, 0.2) is 15.5 Å². The number of hydrogen-bond acceptors (Lipinski definition) is 6. The van der Waals surface area contributed by atoms with Gasteiger partial charge < -0.3 is 0 Å². The van der Waals surface area contributed by atoms with Crippen LogP contribution in [0.15, 0.2) is 43.8 Å². The summed E-state index contributed by atoms with van der Waals surface area (Å²) in [5.74, 6) is 0. The van der Waals surface area contributed by atoms with Crippen LogP contribution in [0.2, 0.25) is 0 Å². The molecule has 3 aromatic rings. The average molecular weight is 451 g/mol. The molecule has 0 amide bonds. The van der Waals surface area contributed by atoms with E-state index in [1.165, 1.54) is 18.8 Å². The minimum atomic E-state index is -3.27. The fraction of sp³-hybridized carbons (Fsp3) is 0.450. The van der Waals surface area contributed by atoms with E-state index in [0.717, 1.165) is 16.4 Å². The molecule has 30 heavy (non-hydrogen) atoms. The molecule has 0 atom stereocenters. The fourth-order valence-electron chi connectivity index (χ4n) is 3.28. The Morgan fingerprint density at radius 2 is 1.70 bits per heavy atom. The number of fused-ring (bicyclic) bond motifs is 1. The summed E-state index contributed by atoms with van der Waals surface area (Å²) < 4.78 is 27.7. The van der Waals surface area contributed by atoms with Crippen LogP contribution in [-0.2, 0) is 30.0 Å². The van der Waals surface area contributed by atoms with Gasteiger partial charge in [0.2, 0.25) is 0 Å². The molecule has 0 radical (unpaired) electrons. The van der Waals surface area contributed by atoms with Gasteiger partial charge in [-0.1, -0.05) is 32.9 Å². The van der Waals surface area contributed by atoms with Crippen LogP contribution >= 0.6 is 11.8 Å². The molecule has 3 rings (SSSR count). The van der Waals surface area contributed by atoms with Crippen LogP contribution in [0.5, 0.6) is 0 Å². The summed E-state index contributed by atoms with van der Waals surface area (Å²) in [6, 6.07) is 6.57. The fourth-order valence-corrected chi connectivity index (χ4v) is 4.61. The van der Waals surface area contributed by atoms with E-state index in [4.69, 9.17) is 0 Å². The Kier molecular flexibility index (Phi) is 5.76. The molecule has 8 nitrogen and oxygen atoms in total. The normalized spacial score (nSPS) is 12.6. The van der Waals surface area contributed by atoms with Crippen LogP contribution < -0.4 is 11.2 Å². The predicted octanol–water partition coefficient (Wildman–Crippen LogP) is 2.12. The van der Waals surface area contributed by atoms with Crippen LogP contribution in [0, 0.1) is 5.41 Å². The first kappa shape index (κ1) is 22.4. The van der Waals surface area contributed by atoms with E-state index in [-0.39, 0.29) is 15.9 Å². The Labute approximate surface area is 179 Å².